The van der Waals surface area contributed by atoms with Gasteiger partial charge in [-0.05, 0) is 24.3 Å². The molecule has 0 saturated carbocycles. The zero-order valence-electron chi connectivity index (χ0n) is 9.76. The normalized spacial score (nSPS) is 19.3. The molecule has 0 aliphatic carbocycles. The second kappa shape index (κ2) is 5.27. The molecule has 1 saturated heterocycles. The van der Waals surface area contributed by atoms with E-state index < -0.39 is 18.1 Å². The molecule has 5 nitrogen and oxygen atoms in total. The Morgan fingerprint density at radius 2 is 2.11 bits per heavy atom. The van der Waals surface area contributed by atoms with E-state index >= 15 is 0 Å². The van der Waals surface area contributed by atoms with Crippen LogP contribution in [0.5, 0.6) is 0 Å². The van der Waals surface area contributed by atoms with Crippen molar-refractivity contribution < 1.29 is 19.1 Å². The fourth-order valence-electron chi connectivity index (χ4n) is 1.83. The molecule has 0 bridgehead atoms. The summed E-state index contributed by atoms with van der Waals surface area (Å²) in [5.41, 5.74) is 0.555. The predicted molar refractivity (Wildman–Crippen MR) is 65.7 cm³/mol. The second-order valence-corrected chi connectivity index (χ2v) is 4.22. The van der Waals surface area contributed by atoms with E-state index in [1.807, 2.05) is 0 Å². The topological polar surface area (TPSA) is 55.8 Å². The van der Waals surface area contributed by atoms with Gasteiger partial charge in [0.25, 0.3) is 0 Å². The van der Waals surface area contributed by atoms with Crippen molar-refractivity contribution >= 4 is 29.4 Å². The lowest BCUT2D eigenvalue weighted by atomic mass is 10.1. The highest BCUT2D eigenvalue weighted by Crippen LogP contribution is 2.25. The lowest BCUT2D eigenvalue weighted by molar-refractivity contribution is -0.143. The first-order valence-electron chi connectivity index (χ1n) is 5.43. The van der Waals surface area contributed by atoms with Crippen molar-refractivity contribution in [3.8, 4) is 0 Å². The summed E-state index contributed by atoms with van der Waals surface area (Å²) in [4.78, 5) is 24.7. The number of nitrogens with zero attached hydrogens (tertiary/aromatic N) is 1. The maximum Gasteiger partial charge on any atom is 0.415 e. The quantitative estimate of drug-likeness (QED) is 0.773. The summed E-state index contributed by atoms with van der Waals surface area (Å²) in [6.45, 7) is 0.211. The molecule has 1 atom stereocenters. The van der Waals surface area contributed by atoms with E-state index in [4.69, 9.17) is 21.1 Å². The van der Waals surface area contributed by atoms with Gasteiger partial charge in [-0.2, -0.15) is 0 Å². The number of carbonyl (C=O) groups is 2. The highest BCUT2D eigenvalue weighted by molar-refractivity contribution is 6.30. The molecule has 1 unspecified atom stereocenters. The number of anilines is 1. The molecule has 1 fully saturated rings. The molecule has 1 aliphatic heterocycles. The van der Waals surface area contributed by atoms with Crippen LogP contribution in [0.15, 0.2) is 24.3 Å². The minimum Gasteiger partial charge on any atom is -0.467 e. The Kier molecular flexibility index (Phi) is 3.72. The summed E-state index contributed by atoms with van der Waals surface area (Å²) in [6.07, 6.45) is -0.153. The summed E-state index contributed by atoms with van der Waals surface area (Å²) in [7, 11) is 1.29. The summed E-state index contributed by atoms with van der Waals surface area (Å²) in [6, 6.07) is 5.95. The highest BCUT2D eigenvalue weighted by Gasteiger charge is 2.36. The Labute approximate surface area is 109 Å². The van der Waals surface area contributed by atoms with E-state index in [1.54, 1.807) is 24.3 Å². The number of benzene rings is 1. The fourth-order valence-corrected chi connectivity index (χ4v) is 1.96. The fraction of sp³-hybridized carbons (Fsp3) is 0.333. The first-order valence-corrected chi connectivity index (χ1v) is 5.80. The van der Waals surface area contributed by atoms with Crippen LogP contribution in [0, 0.1) is 0 Å². The average molecular weight is 270 g/mol. The van der Waals surface area contributed by atoms with Gasteiger partial charge in [-0.3, -0.25) is 4.90 Å². The SMILES string of the molecule is COC(=O)C1CCOC(=O)N1c1ccc(Cl)cc1. The third-order valence-corrected chi connectivity index (χ3v) is 2.96. The second-order valence-electron chi connectivity index (χ2n) is 3.79. The number of rotatable bonds is 2. The molecule has 1 amide bonds. The number of hydrogen-bond donors (Lipinski definition) is 0. The van der Waals surface area contributed by atoms with Crippen LogP contribution in [0.2, 0.25) is 5.02 Å². The number of methoxy groups -OCH3 is 1. The van der Waals surface area contributed by atoms with Crippen molar-refractivity contribution in [1.29, 1.82) is 0 Å². The van der Waals surface area contributed by atoms with Crippen LogP contribution in [-0.4, -0.2) is 31.8 Å². The first-order chi connectivity index (χ1) is 8.63. The lowest BCUT2D eigenvalue weighted by Crippen LogP contribution is -2.50. The standard InChI is InChI=1S/C12H12ClNO4/c1-17-11(15)10-6-7-18-12(16)14(10)9-4-2-8(13)3-5-9/h2-5,10H,6-7H2,1H3. The molecular formula is C12H12ClNO4. The van der Waals surface area contributed by atoms with Crippen LogP contribution in [0.4, 0.5) is 10.5 Å². The lowest BCUT2D eigenvalue weighted by Gasteiger charge is -2.32. The molecule has 96 valence electrons. The molecule has 2 rings (SSSR count). The van der Waals surface area contributed by atoms with Crippen molar-refractivity contribution in [3.63, 3.8) is 0 Å². The van der Waals surface area contributed by atoms with Crippen LogP contribution < -0.4 is 4.90 Å². The first kappa shape index (κ1) is 12.7. The molecule has 18 heavy (non-hydrogen) atoms. The molecule has 0 spiro atoms. The number of halogens is 1. The average Bonchev–Trinajstić information content (AvgIpc) is 2.39. The number of esters is 1. The zero-order valence-corrected chi connectivity index (χ0v) is 10.5. The van der Waals surface area contributed by atoms with Crippen molar-refractivity contribution in [2.45, 2.75) is 12.5 Å². The third kappa shape index (κ3) is 2.41. The maximum atomic E-state index is 11.8. The minimum absolute atomic E-state index is 0.211. The molecule has 1 aliphatic rings. The van der Waals surface area contributed by atoms with Gasteiger partial charge in [0, 0.05) is 17.1 Å². The van der Waals surface area contributed by atoms with Crippen LogP contribution in [0.25, 0.3) is 0 Å². The van der Waals surface area contributed by atoms with Gasteiger partial charge in [-0.15, -0.1) is 0 Å². The van der Waals surface area contributed by atoms with Gasteiger partial charge < -0.3 is 9.47 Å². The van der Waals surface area contributed by atoms with Crippen LogP contribution in [0.3, 0.4) is 0 Å². The minimum atomic E-state index is -0.655. The van der Waals surface area contributed by atoms with E-state index in [0.717, 1.165) is 0 Å². The number of carbonyl (C=O) groups excluding carboxylic acids is 2. The molecule has 1 aromatic rings. The van der Waals surface area contributed by atoms with Crippen LogP contribution in [0.1, 0.15) is 6.42 Å². The van der Waals surface area contributed by atoms with Gasteiger partial charge in [-0.25, -0.2) is 9.59 Å². The highest BCUT2D eigenvalue weighted by atomic mass is 35.5. The van der Waals surface area contributed by atoms with E-state index in [9.17, 15) is 9.59 Å². The maximum absolute atomic E-state index is 11.8. The Bertz CT molecular complexity index is 460. The van der Waals surface area contributed by atoms with Gasteiger partial charge in [0.05, 0.1) is 13.7 Å². The van der Waals surface area contributed by atoms with Crippen molar-refractivity contribution in [2.75, 3.05) is 18.6 Å². The van der Waals surface area contributed by atoms with Crippen molar-refractivity contribution in [1.82, 2.24) is 0 Å². The number of ether oxygens (including phenoxy) is 2. The van der Waals surface area contributed by atoms with Gasteiger partial charge in [0.15, 0.2) is 0 Å². The molecule has 1 heterocycles. The Hall–Kier alpha value is -1.75. The molecular weight excluding hydrogens is 258 g/mol. The third-order valence-electron chi connectivity index (χ3n) is 2.70. The van der Waals surface area contributed by atoms with Crippen LogP contribution >= 0.6 is 11.6 Å². The summed E-state index contributed by atoms with van der Waals surface area (Å²) < 4.78 is 9.65. The van der Waals surface area contributed by atoms with Gasteiger partial charge in [0.1, 0.15) is 6.04 Å². The Balaban J connectivity index is 2.32. The van der Waals surface area contributed by atoms with Crippen molar-refractivity contribution in [3.05, 3.63) is 29.3 Å². The number of hydrogen-bond acceptors (Lipinski definition) is 4. The summed E-state index contributed by atoms with van der Waals surface area (Å²) >= 11 is 5.79. The van der Waals surface area contributed by atoms with E-state index in [2.05, 4.69) is 0 Å². The van der Waals surface area contributed by atoms with Gasteiger partial charge >= 0.3 is 12.1 Å². The number of amides is 1. The summed E-state index contributed by atoms with van der Waals surface area (Å²) in [5, 5.41) is 0.554. The molecule has 0 radical (unpaired) electrons. The number of cyclic esters (lactones) is 1. The molecule has 0 N–H and O–H groups in total. The smallest absolute Gasteiger partial charge is 0.415 e. The van der Waals surface area contributed by atoms with Crippen LogP contribution in [-0.2, 0) is 14.3 Å². The van der Waals surface area contributed by atoms with Gasteiger partial charge in [0.2, 0.25) is 0 Å². The van der Waals surface area contributed by atoms with E-state index in [0.29, 0.717) is 17.1 Å². The van der Waals surface area contributed by atoms with E-state index in [-0.39, 0.29) is 6.61 Å². The largest absolute Gasteiger partial charge is 0.467 e. The monoisotopic (exact) mass is 269 g/mol. The molecule has 6 heteroatoms. The predicted octanol–water partition coefficient (Wildman–Crippen LogP) is 2.23. The van der Waals surface area contributed by atoms with Gasteiger partial charge in [-0.1, -0.05) is 11.6 Å². The van der Waals surface area contributed by atoms with Crippen molar-refractivity contribution in [2.24, 2.45) is 0 Å². The molecule has 0 aromatic heterocycles. The summed E-state index contributed by atoms with van der Waals surface area (Å²) in [5.74, 6) is -0.457. The Morgan fingerprint density at radius 3 is 2.72 bits per heavy atom. The van der Waals surface area contributed by atoms with E-state index in [1.165, 1.54) is 12.0 Å². The zero-order chi connectivity index (χ0) is 13.1. The Morgan fingerprint density at radius 1 is 1.44 bits per heavy atom. The molecule has 1 aromatic carbocycles.